The smallest absolute Gasteiger partial charge is 0.125 e. The lowest BCUT2D eigenvalue weighted by molar-refractivity contribution is 0.195. The summed E-state index contributed by atoms with van der Waals surface area (Å²) in [6.45, 7) is 3.02. The second kappa shape index (κ2) is 6.95. The predicted octanol–water partition coefficient (Wildman–Crippen LogP) is 3.72. The van der Waals surface area contributed by atoms with Gasteiger partial charge in [0.1, 0.15) is 11.9 Å². The molecule has 2 aromatic carbocycles. The largest absolute Gasteiger partial charge is 0.486 e. The Labute approximate surface area is 115 Å². The summed E-state index contributed by atoms with van der Waals surface area (Å²) in [6.07, 6.45) is 1.05. The normalized spacial score (nSPS) is 12.1. The van der Waals surface area contributed by atoms with Crippen molar-refractivity contribution >= 4 is 0 Å². The Bertz CT molecular complexity index is 478. The van der Waals surface area contributed by atoms with Crippen molar-refractivity contribution in [2.75, 3.05) is 13.6 Å². The van der Waals surface area contributed by atoms with Crippen LogP contribution in [0.1, 0.15) is 23.7 Å². The van der Waals surface area contributed by atoms with Crippen LogP contribution < -0.4 is 10.1 Å². The Morgan fingerprint density at radius 1 is 1.00 bits per heavy atom. The van der Waals surface area contributed by atoms with Gasteiger partial charge in [0.05, 0.1) is 0 Å². The van der Waals surface area contributed by atoms with Crippen LogP contribution in [0.25, 0.3) is 0 Å². The van der Waals surface area contributed by atoms with E-state index in [1.165, 1.54) is 11.1 Å². The molecule has 1 N–H and O–H groups in total. The lowest BCUT2D eigenvalue weighted by Gasteiger charge is -2.19. The molecule has 0 radical (unpaired) electrons. The third-order valence-corrected chi connectivity index (χ3v) is 3.13. The van der Waals surface area contributed by atoms with Gasteiger partial charge in [0.15, 0.2) is 0 Å². The van der Waals surface area contributed by atoms with Crippen LogP contribution in [0.15, 0.2) is 54.6 Å². The van der Waals surface area contributed by atoms with Crippen LogP contribution in [-0.2, 0) is 0 Å². The molecular formula is C17H21NO. The molecular weight excluding hydrogens is 234 g/mol. The summed E-state index contributed by atoms with van der Waals surface area (Å²) in [7, 11) is 1.97. The van der Waals surface area contributed by atoms with Crippen molar-refractivity contribution in [2.24, 2.45) is 0 Å². The Morgan fingerprint density at radius 2 is 1.68 bits per heavy atom. The number of aryl methyl sites for hydroxylation is 1. The zero-order chi connectivity index (χ0) is 13.5. The average Bonchev–Trinajstić information content (AvgIpc) is 2.46. The first-order chi connectivity index (χ1) is 9.29. The molecule has 0 unspecified atom stereocenters. The van der Waals surface area contributed by atoms with Crippen molar-refractivity contribution in [3.8, 4) is 5.75 Å². The van der Waals surface area contributed by atoms with Gasteiger partial charge in [0.25, 0.3) is 0 Å². The molecule has 2 rings (SSSR count). The van der Waals surface area contributed by atoms with Gasteiger partial charge in [0.2, 0.25) is 0 Å². The Balaban J connectivity index is 2.11. The molecule has 0 aromatic heterocycles. The topological polar surface area (TPSA) is 21.3 Å². The van der Waals surface area contributed by atoms with Gasteiger partial charge >= 0.3 is 0 Å². The first kappa shape index (κ1) is 13.6. The molecule has 0 aliphatic carbocycles. The Kier molecular flexibility index (Phi) is 4.99. The monoisotopic (exact) mass is 255 g/mol. The quantitative estimate of drug-likeness (QED) is 0.849. The van der Waals surface area contributed by atoms with E-state index in [2.05, 4.69) is 48.6 Å². The van der Waals surface area contributed by atoms with E-state index >= 15 is 0 Å². The standard InChI is InChI=1S/C17H21NO/c1-14-8-10-16(11-9-14)19-17(12-13-18-2)15-6-4-3-5-7-15/h3-11,17-18H,12-13H2,1-2H3/t17-/m1/s1. The highest BCUT2D eigenvalue weighted by atomic mass is 16.5. The molecule has 0 aliphatic rings. The molecule has 19 heavy (non-hydrogen) atoms. The second-order valence-corrected chi connectivity index (χ2v) is 4.72. The molecule has 0 spiro atoms. The molecule has 1 atom stereocenters. The van der Waals surface area contributed by atoms with Gasteiger partial charge in [-0.3, -0.25) is 0 Å². The highest BCUT2D eigenvalue weighted by Crippen LogP contribution is 2.24. The molecule has 0 bridgehead atoms. The van der Waals surface area contributed by atoms with Crippen molar-refractivity contribution in [1.82, 2.24) is 5.32 Å². The van der Waals surface area contributed by atoms with E-state index in [1.807, 2.05) is 25.2 Å². The van der Waals surface area contributed by atoms with E-state index in [9.17, 15) is 0 Å². The maximum atomic E-state index is 6.12. The minimum atomic E-state index is 0.0938. The van der Waals surface area contributed by atoms with Gasteiger partial charge in [-0.15, -0.1) is 0 Å². The van der Waals surface area contributed by atoms with Crippen LogP contribution in [-0.4, -0.2) is 13.6 Å². The Hall–Kier alpha value is -1.80. The SMILES string of the molecule is CNCC[C@@H](Oc1ccc(C)cc1)c1ccccc1. The van der Waals surface area contributed by atoms with Crippen LogP contribution in [0, 0.1) is 6.92 Å². The lowest BCUT2D eigenvalue weighted by Crippen LogP contribution is -2.16. The van der Waals surface area contributed by atoms with Gasteiger partial charge in [-0.25, -0.2) is 0 Å². The summed E-state index contributed by atoms with van der Waals surface area (Å²) in [4.78, 5) is 0. The molecule has 2 heteroatoms. The van der Waals surface area contributed by atoms with Crippen molar-refractivity contribution in [1.29, 1.82) is 0 Å². The lowest BCUT2D eigenvalue weighted by atomic mass is 10.1. The molecule has 2 nitrogen and oxygen atoms in total. The van der Waals surface area contributed by atoms with Gasteiger partial charge in [0, 0.05) is 6.42 Å². The number of hydrogen-bond donors (Lipinski definition) is 1. The van der Waals surface area contributed by atoms with Crippen LogP contribution in [0.3, 0.4) is 0 Å². The van der Waals surface area contributed by atoms with Crippen LogP contribution in [0.5, 0.6) is 5.75 Å². The molecule has 2 aromatic rings. The number of rotatable bonds is 6. The molecule has 0 amide bonds. The van der Waals surface area contributed by atoms with Crippen LogP contribution >= 0.6 is 0 Å². The second-order valence-electron chi connectivity index (χ2n) is 4.72. The molecule has 0 fully saturated rings. The minimum Gasteiger partial charge on any atom is -0.486 e. The van der Waals surface area contributed by atoms with Crippen molar-refractivity contribution in [2.45, 2.75) is 19.4 Å². The van der Waals surface area contributed by atoms with Gasteiger partial charge < -0.3 is 10.1 Å². The summed E-state index contributed by atoms with van der Waals surface area (Å²) in [6, 6.07) is 18.6. The van der Waals surface area contributed by atoms with Crippen molar-refractivity contribution < 1.29 is 4.74 Å². The maximum Gasteiger partial charge on any atom is 0.125 e. The first-order valence-electron chi connectivity index (χ1n) is 6.72. The summed E-state index contributed by atoms with van der Waals surface area (Å²) in [5.41, 5.74) is 2.47. The van der Waals surface area contributed by atoms with E-state index in [0.717, 1.165) is 18.7 Å². The molecule has 0 aliphatic heterocycles. The molecule has 0 saturated carbocycles. The van der Waals surface area contributed by atoms with Crippen LogP contribution in [0.2, 0.25) is 0 Å². The van der Waals surface area contributed by atoms with E-state index < -0.39 is 0 Å². The number of benzene rings is 2. The van der Waals surface area contributed by atoms with Crippen molar-refractivity contribution in [3.05, 3.63) is 65.7 Å². The summed E-state index contributed by atoms with van der Waals surface area (Å²) >= 11 is 0. The third kappa shape index (κ3) is 4.11. The number of hydrogen-bond acceptors (Lipinski definition) is 2. The fourth-order valence-electron chi connectivity index (χ4n) is 2.02. The van der Waals surface area contributed by atoms with E-state index in [-0.39, 0.29) is 6.10 Å². The molecule has 0 saturated heterocycles. The average molecular weight is 255 g/mol. The highest BCUT2D eigenvalue weighted by molar-refractivity contribution is 5.28. The van der Waals surface area contributed by atoms with E-state index in [4.69, 9.17) is 4.74 Å². The fourth-order valence-corrected chi connectivity index (χ4v) is 2.02. The number of ether oxygens (including phenoxy) is 1. The predicted molar refractivity (Wildman–Crippen MR) is 79.5 cm³/mol. The Morgan fingerprint density at radius 3 is 2.32 bits per heavy atom. The van der Waals surface area contributed by atoms with Crippen LogP contribution in [0.4, 0.5) is 0 Å². The zero-order valence-corrected chi connectivity index (χ0v) is 11.6. The number of nitrogens with one attached hydrogen (secondary N) is 1. The van der Waals surface area contributed by atoms with Gasteiger partial charge in [-0.1, -0.05) is 48.0 Å². The van der Waals surface area contributed by atoms with Gasteiger partial charge in [-0.2, -0.15) is 0 Å². The molecule has 0 heterocycles. The van der Waals surface area contributed by atoms with E-state index in [1.54, 1.807) is 0 Å². The minimum absolute atomic E-state index is 0.0938. The maximum absolute atomic E-state index is 6.12. The molecule has 100 valence electrons. The van der Waals surface area contributed by atoms with E-state index in [0.29, 0.717) is 0 Å². The van der Waals surface area contributed by atoms with Gasteiger partial charge in [-0.05, 0) is 38.2 Å². The zero-order valence-electron chi connectivity index (χ0n) is 11.6. The third-order valence-electron chi connectivity index (χ3n) is 3.13. The highest BCUT2D eigenvalue weighted by Gasteiger charge is 2.12. The fraction of sp³-hybridized carbons (Fsp3) is 0.294. The van der Waals surface area contributed by atoms with Crippen molar-refractivity contribution in [3.63, 3.8) is 0 Å². The summed E-state index contributed by atoms with van der Waals surface area (Å²) in [5.74, 6) is 0.926. The first-order valence-corrected chi connectivity index (χ1v) is 6.72. The summed E-state index contributed by atoms with van der Waals surface area (Å²) in [5, 5.41) is 3.18. The summed E-state index contributed by atoms with van der Waals surface area (Å²) < 4.78 is 6.12.